The maximum Gasteiger partial charge on any atom is 0.157 e. The van der Waals surface area contributed by atoms with E-state index in [2.05, 4.69) is 36.1 Å². The van der Waals surface area contributed by atoms with Crippen molar-refractivity contribution in [2.45, 2.75) is 40.3 Å². The van der Waals surface area contributed by atoms with E-state index in [9.17, 15) is 0 Å². The van der Waals surface area contributed by atoms with E-state index in [4.69, 9.17) is 4.74 Å². The summed E-state index contributed by atoms with van der Waals surface area (Å²) in [6, 6.07) is 1.92. The van der Waals surface area contributed by atoms with Crippen LogP contribution in [0.25, 0.3) is 0 Å². The van der Waals surface area contributed by atoms with Crippen LogP contribution in [0.3, 0.4) is 0 Å². The molecule has 0 spiro atoms. The van der Waals surface area contributed by atoms with E-state index >= 15 is 0 Å². The van der Waals surface area contributed by atoms with Crippen molar-refractivity contribution in [3.8, 4) is 0 Å². The second kappa shape index (κ2) is 6.07. The van der Waals surface area contributed by atoms with E-state index in [1.807, 2.05) is 20.0 Å². The molecule has 1 atom stereocenters. The van der Waals surface area contributed by atoms with Gasteiger partial charge in [-0.25, -0.2) is 9.97 Å². The van der Waals surface area contributed by atoms with Gasteiger partial charge in [0.2, 0.25) is 0 Å². The fourth-order valence-electron chi connectivity index (χ4n) is 1.70. The molecular formula is C13H23N3O. The van der Waals surface area contributed by atoms with Crippen LogP contribution in [0.1, 0.15) is 45.3 Å². The predicted octanol–water partition coefficient (Wildman–Crippen LogP) is 2.32. The molecule has 0 aliphatic rings. The van der Waals surface area contributed by atoms with Gasteiger partial charge in [0.1, 0.15) is 6.10 Å². The minimum atomic E-state index is -0.0655. The number of nitrogens with one attached hydrogen (secondary N) is 1. The van der Waals surface area contributed by atoms with Crippen LogP contribution >= 0.6 is 0 Å². The van der Waals surface area contributed by atoms with Crippen LogP contribution in [0.15, 0.2) is 12.3 Å². The normalized spacial score (nSPS) is 13.7. The summed E-state index contributed by atoms with van der Waals surface area (Å²) in [7, 11) is 1.91. The zero-order valence-corrected chi connectivity index (χ0v) is 11.4. The Labute approximate surface area is 104 Å². The minimum Gasteiger partial charge on any atom is -0.370 e. The number of hydrogen-bond donors (Lipinski definition) is 1. The fraction of sp³-hybridized carbons (Fsp3) is 0.692. The molecular weight excluding hydrogens is 214 g/mol. The number of rotatable bonds is 5. The van der Waals surface area contributed by atoms with Crippen LogP contribution in [-0.4, -0.2) is 23.6 Å². The zero-order chi connectivity index (χ0) is 12.9. The smallest absolute Gasteiger partial charge is 0.157 e. The van der Waals surface area contributed by atoms with Crippen LogP contribution in [0.4, 0.5) is 0 Å². The molecule has 0 aromatic carbocycles. The van der Waals surface area contributed by atoms with Crippen LogP contribution < -0.4 is 5.32 Å². The molecule has 0 aliphatic heterocycles. The van der Waals surface area contributed by atoms with Crippen molar-refractivity contribution < 1.29 is 4.74 Å². The summed E-state index contributed by atoms with van der Waals surface area (Å²) < 4.78 is 5.78. The van der Waals surface area contributed by atoms with Gasteiger partial charge in [-0.1, -0.05) is 20.8 Å². The van der Waals surface area contributed by atoms with E-state index < -0.39 is 0 Å². The Morgan fingerprint density at radius 3 is 2.65 bits per heavy atom. The van der Waals surface area contributed by atoms with Gasteiger partial charge in [-0.15, -0.1) is 0 Å². The number of nitrogens with zero attached hydrogens (tertiary/aromatic N) is 2. The van der Waals surface area contributed by atoms with E-state index in [1.165, 1.54) is 0 Å². The average Bonchev–Trinajstić information content (AvgIpc) is 2.25. The van der Waals surface area contributed by atoms with Gasteiger partial charge >= 0.3 is 0 Å². The van der Waals surface area contributed by atoms with Crippen molar-refractivity contribution in [2.75, 3.05) is 13.7 Å². The van der Waals surface area contributed by atoms with Crippen molar-refractivity contribution in [3.05, 3.63) is 23.8 Å². The van der Waals surface area contributed by atoms with E-state index in [0.717, 1.165) is 18.1 Å². The van der Waals surface area contributed by atoms with Crippen LogP contribution in [0.2, 0.25) is 0 Å². The van der Waals surface area contributed by atoms with Gasteiger partial charge in [0, 0.05) is 19.3 Å². The van der Waals surface area contributed by atoms with Crippen LogP contribution in [0, 0.1) is 5.41 Å². The summed E-state index contributed by atoms with van der Waals surface area (Å²) in [5.74, 6) is 0.770. The SMILES string of the molecule is CCOC(c1nccc(CNC)n1)C(C)(C)C. The Hall–Kier alpha value is -1.00. The molecule has 0 bridgehead atoms. The third kappa shape index (κ3) is 4.06. The van der Waals surface area contributed by atoms with E-state index in [-0.39, 0.29) is 11.5 Å². The molecule has 1 aromatic rings. The van der Waals surface area contributed by atoms with Crippen molar-refractivity contribution in [3.63, 3.8) is 0 Å². The molecule has 1 unspecified atom stereocenters. The highest BCUT2D eigenvalue weighted by molar-refractivity contribution is 5.06. The standard InChI is InChI=1S/C13H23N3O/c1-6-17-11(13(2,3)4)12-15-8-7-10(16-12)9-14-5/h7-8,11,14H,6,9H2,1-5H3. The van der Waals surface area contributed by atoms with E-state index in [1.54, 1.807) is 6.20 Å². The van der Waals surface area contributed by atoms with Gasteiger partial charge < -0.3 is 10.1 Å². The molecule has 1 N–H and O–H groups in total. The lowest BCUT2D eigenvalue weighted by Crippen LogP contribution is -2.24. The van der Waals surface area contributed by atoms with Gasteiger partial charge in [-0.3, -0.25) is 0 Å². The summed E-state index contributed by atoms with van der Waals surface area (Å²) in [4.78, 5) is 8.89. The molecule has 1 heterocycles. The number of aromatic nitrogens is 2. The number of hydrogen-bond acceptors (Lipinski definition) is 4. The molecule has 0 aliphatic carbocycles. The van der Waals surface area contributed by atoms with Crippen molar-refractivity contribution in [2.24, 2.45) is 5.41 Å². The van der Waals surface area contributed by atoms with Crippen molar-refractivity contribution >= 4 is 0 Å². The second-order valence-electron chi connectivity index (χ2n) is 5.14. The summed E-state index contributed by atoms with van der Waals surface area (Å²) in [5, 5.41) is 3.09. The molecule has 0 amide bonds. The highest BCUT2D eigenvalue weighted by atomic mass is 16.5. The Kier molecular flexibility index (Phi) is 5.02. The largest absolute Gasteiger partial charge is 0.370 e. The molecule has 1 aromatic heterocycles. The summed E-state index contributed by atoms with van der Waals surface area (Å²) in [5.41, 5.74) is 0.986. The topological polar surface area (TPSA) is 47.0 Å². The molecule has 1 rings (SSSR count). The first-order valence-corrected chi connectivity index (χ1v) is 6.07. The maximum absolute atomic E-state index is 5.78. The molecule has 17 heavy (non-hydrogen) atoms. The van der Waals surface area contributed by atoms with Crippen LogP contribution in [0.5, 0.6) is 0 Å². The number of ether oxygens (including phenoxy) is 1. The fourth-order valence-corrected chi connectivity index (χ4v) is 1.70. The Morgan fingerprint density at radius 1 is 1.41 bits per heavy atom. The lowest BCUT2D eigenvalue weighted by molar-refractivity contribution is -0.0192. The monoisotopic (exact) mass is 237 g/mol. The Bertz CT molecular complexity index is 347. The minimum absolute atomic E-state index is 0.00568. The van der Waals surface area contributed by atoms with Crippen molar-refractivity contribution in [1.82, 2.24) is 15.3 Å². The highest BCUT2D eigenvalue weighted by Gasteiger charge is 2.29. The van der Waals surface area contributed by atoms with Gasteiger partial charge in [0.05, 0.1) is 5.69 Å². The molecule has 0 saturated heterocycles. The zero-order valence-electron chi connectivity index (χ0n) is 11.4. The third-order valence-electron chi connectivity index (χ3n) is 2.44. The highest BCUT2D eigenvalue weighted by Crippen LogP contribution is 2.33. The van der Waals surface area contributed by atoms with Gasteiger partial charge in [0.25, 0.3) is 0 Å². The first kappa shape index (κ1) is 14.1. The van der Waals surface area contributed by atoms with Gasteiger partial charge in [0.15, 0.2) is 5.82 Å². The quantitative estimate of drug-likeness (QED) is 0.853. The Morgan fingerprint density at radius 2 is 2.12 bits per heavy atom. The second-order valence-corrected chi connectivity index (χ2v) is 5.14. The predicted molar refractivity (Wildman–Crippen MR) is 68.6 cm³/mol. The molecule has 4 nitrogen and oxygen atoms in total. The summed E-state index contributed by atoms with van der Waals surface area (Å²) in [6.07, 6.45) is 1.73. The summed E-state index contributed by atoms with van der Waals surface area (Å²) >= 11 is 0. The molecule has 0 saturated carbocycles. The van der Waals surface area contributed by atoms with Crippen molar-refractivity contribution in [1.29, 1.82) is 0 Å². The molecule has 0 radical (unpaired) electrons. The van der Waals surface area contributed by atoms with E-state index in [0.29, 0.717) is 6.61 Å². The summed E-state index contributed by atoms with van der Waals surface area (Å²) in [6.45, 7) is 9.83. The molecule has 96 valence electrons. The van der Waals surface area contributed by atoms with Gasteiger partial charge in [-0.05, 0) is 25.5 Å². The maximum atomic E-state index is 5.78. The first-order valence-electron chi connectivity index (χ1n) is 6.07. The average molecular weight is 237 g/mol. The van der Waals surface area contributed by atoms with Crippen LogP contribution in [-0.2, 0) is 11.3 Å². The first-order chi connectivity index (χ1) is 7.99. The molecule has 4 heteroatoms. The van der Waals surface area contributed by atoms with Gasteiger partial charge in [-0.2, -0.15) is 0 Å². The lowest BCUT2D eigenvalue weighted by atomic mass is 9.88. The lowest BCUT2D eigenvalue weighted by Gasteiger charge is -2.29. The third-order valence-corrected chi connectivity index (χ3v) is 2.44. The Balaban J connectivity index is 2.97. The molecule has 0 fully saturated rings.